The van der Waals surface area contributed by atoms with Gasteiger partial charge in [0.1, 0.15) is 11.8 Å². The summed E-state index contributed by atoms with van der Waals surface area (Å²) in [5, 5.41) is 1.76. The fourth-order valence-electron chi connectivity index (χ4n) is 2.71. The van der Waals surface area contributed by atoms with Crippen molar-refractivity contribution < 1.29 is 26.9 Å². The molecule has 2 heterocycles. The van der Waals surface area contributed by atoms with Gasteiger partial charge in [0.15, 0.2) is 26.2 Å². The number of carbonyl (C=O) groups is 1. The Hall–Kier alpha value is -0.670. The molecule has 0 aliphatic carbocycles. The highest BCUT2D eigenvalue weighted by Crippen LogP contribution is 2.16. The monoisotopic (exact) mass is 325 g/mol. The van der Waals surface area contributed by atoms with E-state index < -0.39 is 19.7 Å². The smallest absolute Gasteiger partial charge is 0.277 e. The number of carbonyl (C=O) groups excluding carboxylic acids is 1. The van der Waals surface area contributed by atoms with Gasteiger partial charge in [0, 0.05) is 19.5 Å². The second kappa shape index (κ2) is 5.61. The molecule has 2 N–H and O–H groups in total. The highest BCUT2D eigenvalue weighted by molar-refractivity contribution is 7.91. The van der Waals surface area contributed by atoms with E-state index in [1.807, 2.05) is 0 Å². The van der Waals surface area contributed by atoms with Crippen LogP contribution in [-0.4, -0.2) is 76.3 Å². The van der Waals surface area contributed by atoms with Crippen molar-refractivity contribution in [2.45, 2.75) is 24.9 Å². The van der Waals surface area contributed by atoms with E-state index in [0.717, 1.165) is 0 Å². The Morgan fingerprint density at radius 1 is 1.10 bits per heavy atom. The predicted octanol–water partition coefficient (Wildman–Crippen LogP) is -2.62. The molecule has 9 heteroatoms. The Labute approximate surface area is 119 Å². The lowest BCUT2D eigenvalue weighted by molar-refractivity contribution is -0.674. The molecule has 0 aromatic heterocycles. The van der Waals surface area contributed by atoms with Crippen molar-refractivity contribution in [2.24, 2.45) is 0 Å². The molecule has 2 aliphatic heterocycles. The van der Waals surface area contributed by atoms with Gasteiger partial charge >= 0.3 is 0 Å². The Morgan fingerprint density at radius 3 is 2.20 bits per heavy atom. The summed E-state index contributed by atoms with van der Waals surface area (Å²) >= 11 is 0. The summed E-state index contributed by atoms with van der Waals surface area (Å²) < 4.78 is 45.4. The van der Waals surface area contributed by atoms with Gasteiger partial charge in [-0.05, 0) is 6.42 Å². The topological polar surface area (TPSA) is 105 Å². The third-order valence-corrected chi connectivity index (χ3v) is 7.59. The molecule has 0 saturated carbocycles. The molecule has 1 amide bonds. The number of hydrogen-bond donors (Lipinski definition) is 1. The maximum Gasteiger partial charge on any atom is 0.277 e. The molecular weight excluding hydrogens is 304 g/mol. The molecule has 7 nitrogen and oxygen atoms in total. The summed E-state index contributed by atoms with van der Waals surface area (Å²) in [6, 6.07) is -0.294. The van der Waals surface area contributed by atoms with Gasteiger partial charge in [0.25, 0.3) is 5.91 Å². The van der Waals surface area contributed by atoms with Gasteiger partial charge in [-0.15, -0.1) is 0 Å². The molecule has 2 saturated heterocycles. The van der Waals surface area contributed by atoms with Crippen molar-refractivity contribution in [1.29, 1.82) is 0 Å². The minimum Gasteiger partial charge on any atom is -0.337 e. The molecule has 0 aromatic carbocycles. The standard InChI is InChI=1S/C11H20N2O5S2/c1-13(10-3-5-20(17,18)8-10)11(14)6-12-9-2-4-19(15,16)7-9/h9-10,12H,2-8H2,1H3/p+1/t9-,10+/m0/s1. The summed E-state index contributed by atoms with van der Waals surface area (Å²) in [6.07, 6.45) is 1.07. The van der Waals surface area contributed by atoms with Crippen LogP contribution in [0.25, 0.3) is 0 Å². The first-order valence-corrected chi connectivity index (χ1v) is 10.3. The molecule has 2 aliphatic rings. The SMILES string of the molecule is CN(C(=O)C[NH2+][C@H]1CCS(=O)(=O)C1)[C@@H]1CCS(=O)(=O)C1. The molecule has 0 aromatic rings. The van der Waals surface area contributed by atoms with E-state index in [-0.39, 0.29) is 47.5 Å². The van der Waals surface area contributed by atoms with Gasteiger partial charge in [-0.25, -0.2) is 16.8 Å². The van der Waals surface area contributed by atoms with Crippen LogP contribution in [0, 0.1) is 0 Å². The van der Waals surface area contributed by atoms with Gasteiger partial charge < -0.3 is 10.2 Å². The van der Waals surface area contributed by atoms with Crippen molar-refractivity contribution in [3.8, 4) is 0 Å². The summed E-state index contributed by atoms with van der Waals surface area (Å²) in [6.45, 7) is 0.174. The van der Waals surface area contributed by atoms with E-state index in [0.29, 0.717) is 12.8 Å². The second-order valence-corrected chi connectivity index (χ2v) is 10.1. The number of nitrogens with two attached hydrogens (primary N) is 1. The summed E-state index contributed by atoms with van der Waals surface area (Å²) in [5.74, 6) is 0.352. The molecule has 116 valence electrons. The lowest BCUT2D eigenvalue weighted by Crippen LogP contribution is -2.92. The first kappa shape index (κ1) is 15.7. The van der Waals surface area contributed by atoms with Crippen molar-refractivity contribution in [3.05, 3.63) is 0 Å². The lowest BCUT2D eigenvalue weighted by atomic mass is 10.2. The Balaban J connectivity index is 1.81. The van der Waals surface area contributed by atoms with Crippen molar-refractivity contribution >= 4 is 25.6 Å². The van der Waals surface area contributed by atoms with Gasteiger partial charge in [0.05, 0.1) is 17.3 Å². The number of hydrogen-bond acceptors (Lipinski definition) is 5. The largest absolute Gasteiger partial charge is 0.337 e. The van der Waals surface area contributed by atoms with E-state index in [4.69, 9.17) is 0 Å². The number of amides is 1. The summed E-state index contributed by atoms with van der Waals surface area (Å²) in [5.41, 5.74) is 0. The minimum absolute atomic E-state index is 0.0348. The quantitative estimate of drug-likeness (QED) is 0.609. The summed E-state index contributed by atoms with van der Waals surface area (Å²) in [4.78, 5) is 13.5. The molecule has 0 bridgehead atoms. The average molecular weight is 325 g/mol. The summed E-state index contributed by atoms with van der Waals surface area (Å²) in [7, 11) is -4.32. The Bertz CT molecular complexity index is 584. The number of nitrogens with zero attached hydrogens (tertiary/aromatic N) is 1. The molecule has 2 atom stereocenters. The van der Waals surface area contributed by atoms with Crippen LogP contribution < -0.4 is 5.32 Å². The first-order valence-electron chi connectivity index (χ1n) is 6.68. The van der Waals surface area contributed by atoms with Gasteiger partial charge in [-0.2, -0.15) is 0 Å². The third kappa shape index (κ3) is 3.92. The molecule has 0 spiro atoms. The maximum absolute atomic E-state index is 12.0. The zero-order valence-electron chi connectivity index (χ0n) is 11.5. The van der Waals surface area contributed by atoms with Gasteiger partial charge in [-0.3, -0.25) is 4.79 Å². The van der Waals surface area contributed by atoms with Crippen LogP contribution in [0.2, 0.25) is 0 Å². The Morgan fingerprint density at radius 2 is 1.70 bits per heavy atom. The number of rotatable bonds is 4. The molecule has 2 rings (SSSR count). The average Bonchev–Trinajstić information content (AvgIpc) is 2.87. The Kier molecular flexibility index (Phi) is 4.41. The molecular formula is C11H21N2O5S2+. The molecule has 20 heavy (non-hydrogen) atoms. The maximum atomic E-state index is 12.0. The predicted molar refractivity (Wildman–Crippen MR) is 73.7 cm³/mol. The van der Waals surface area contributed by atoms with E-state index in [2.05, 4.69) is 0 Å². The minimum atomic E-state index is -3.00. The number of sulfone groups is 2. The molecule has 0 radical (unpaired) electrons. The van der Waals surface area contributed by atoms with Gasteiger partial charge in [-0.1, -0.05) is 0 Å². The van der Waals surface area contributed by atoms with Crippen LogP contribution in [0.1, 0.15) is 12.8 Å². The highest BCUT2D eigenvalue weighted by atomic mass is 32.2. The van der Waals surface area contributed by atoms with E-state index in [1.165, 1.54) is 4.90 Å². The highest BCUT2D eigenvalue weighted by Gasteiger charge is 2.34. The van der Waals surface area contributed by atoms with Crippen molar-refractivity contribution in [2.75, 3.05) is 36.6 Å². The fraction of sp³-hybridized carbons (Fsp3) is 0.909. The molecule has 2 fully saturated rings. The van der Waals surface area contributed by atoms with Gasteiger partial charge in [0.2, 0.25) is 0 Å². The number of likely N-dealkylation sites (N-methyl/N-ethyl adjacent to an activating group) is 1. The van der Waals surface area contributed by atoms with Crippen LogP contribution in [0.4, 0.5) is 0 Å². The second-order valence-electron chi connectivity index (χ2n) is 5.66. The fourth-order valence-corrected chi connectivity index (χ4v) is 6.26. The van der Waals surface area contributed by atoms with Crippen LogP contribution in [0.15, 0.2) is 0 Å². The van der Waals surface area contributed by atoms with Crippen molar-refractivity contribution in [3.63, 3.8) is 0 Å². The lowest BCUT2D eigenvalue weighted by Gasteiger charge is -2.23. The first-order chi connectivity index (χ1) is 9.19. The number of quaternary nitrogens is 1. The third-order valence-electron chi connectivity index (χ3n) is 4.04. The normalized spacial score (nSPS) is 31.2. The van der Waals surface area contributed by atoms with Crippen LogP contribution in [0.3, 0.4) is 0 Å². The molecule has 0 unspecified atom stereocenters. The van der Waals surface area contributed by atoms with Crippen molar-refractivity contribution in [1.82, 2.24) is 4.90 Å². The zero-order valence-corrected chi connectivity index (χ0v) is 13.1. The van der Waals surface area contributed by atoms with E-state index in [1.54, 1.807) is 12.4 Å². The zero-order chi connectivity index (χ0) is 15.0. The van der Waals surface area contributed by atoms with Crippen LogP contribution in [0.5, 0.6) is 0 Å². The van der Waals surface area contributed by atoms with E-state index in [9.17, 15) is 21.6 Å². The van der Waals surface area contributed by atoms with Crippen LogP contribution >= 0.6 is 0 Å². The van der Waals surface area contributed by atoms with Crippen LogP contribution in [-0.2, 0) is 24.5 Å². The van der Waals surface area contributed by atoms with E-state index >= 15 is 0 Å².